The summed E-state index contributed by atoms with van der Waals surface area (Å²) < 4.78 is 0. The Morgan fingerprint density at radius 1 is 1.09 bits per heavy atom. The van der Waals surface area contributed by atoms with E-state index >= 15 is 0 Å². The van der Waals surface area contributed by atoms with Crippen molar-refractivity contribution in [3.8, 4) is 0 Å². The molecule has 0 spiro atoms. The summed E-state index contributed by atoms with van der Waals surface area (Å²) in [5.74, 6) is 0.821. The highest BCUT2D eigenvalue weighted by atomic mass is 15.5. The third-order valence-electron chi connectivity index (χ3n) is 1.66. The fourth-order valence-corrected chi connectivity index (χ4v) is 1.09. The maximum Gasteiger partial charge on any atom is 0.0186 e. The Morgan fingerprint density at radius 2 is 1.64 bits per heavy atom. The summed E-state index contributed by atoms with van der Waals surface area (Å²) in [4.78, 5) is 0. The standard InChI is InChI=1S/C9H22N2/c1-8(2)6-7-9(3)10-11(4)5/h8-10H,6-7H2,1-5H3. The van der Waals surface area contributed by atoms with E-state index < -0.39 is 0 Å². The lowest BCUT2D eigenvalue weighted by atomic mass is 10.1. The van der Waals surface area contributed by atoms with E-state index in [-0.39, 0.29) is 0 Å². The summed E-state index contributed by atoms with van der Waals surface area (Å²) in [6.45, 7) is 6.76. The van der Waals surface area contributed by atoms with Gasteiger partial charge in [-0.25, -0.2) is 0 Å². The molecule has 1 N–H and O–H groups in total. The Balaban J connectivity index is 3.29. The molecule has 1 atom stereocenters. The fraction of sp³-hybridized carbons (Fsp3) is 1.00. The van der Waals surface area contributed by atoms with Crippen molar-refractivity contribution in [2.75, 3.05) is 14.1 Å². The van der Waals surface area contributed by atoms with Gasteiger partial charge in [-0.2, -0.15) is 0 Å². The molecule has 2 heteroatoms. The van der Waals surface area contributed by atoms with Crippen LogP contribution in [0.3, 0.4) is 0 Å². The molecule has 0 fully saturated rings. The maximum atomic E-state index is 3.33. The van der Waals surface area contributed by atoms with Gasteiger partial charge in [-0.15, -0.1) is 0 Å². The van der Waals surface area contributed by atoms with E-state index in [1.165, 1.54) is 12.8 Å². The van der Waals surface area contributed by atoms with Crippen LogP contribution < -0.4 is 5.43 Å². The molecule has 0 saturated carbocycles. The summed E-state index contributed by atoms with van der Waals surface area (Å²) in [6.07, 6.45) is 2.57. The van der Waals surface area contributed by atoms with Crippen LogP contribution >= 0.6 is 0 Å². The number of nitrogens with one attached hydrogen (secondary N) is 1. The van der Waals surface area contributed by atoms with Gasteiger partial charge >= 0.3 is 0 Å². The zero-order valence-corrected chi connectivity index (χ0v) is 8.52. The molecule has 0 radical (unpaired) electrons. The minimum absolute atomic E-state index is 0.604. The van der Waals surface area contributed by atoms with Crippen LogP contribution in [-0.2, 0) is 0 Å². The Kier molecular flexibility index (Phi) is 5.51. The zero-order chi connectivity index (χ0) is 8.85. The van der Waals surface area contributed by atoms with Crippen molar-refractivity contribution in [2.45, 2.75) is 39.7 Å². The number of rotatable bonds is 5. The first kappa shape index (κ1) is 10.9. The highest BCUT2D eigenvalue weighted by Gasteiger charge is 2.02. The van der Waals surface area contributed by atoms with Gasteiger partial charge in [0.05, 0.1) is 0 Å². The molecular weight excluding hydrogens is 136 g/mol. The molecule has 0 rings (SSSR count). The monoisotopic (exact) mass is 158 g/mol. The number of hydrogen-bond donors (Lipinski definition) is 1. The molecule has 0 aromatic carbocycles. The molecule has 0 aromatic heterocycles. The first-order chi connectivity index (χ1) is 5.02. The van der Waals surface area contributed by atoms with Crippen LogP contribution in [0, 0.1) is 5.92 Å². The molecule has 11 heavy (non-hydrogen) atoms. The van der Waals surface area contributed by atoms with Crippen LogP contribution in [0.4, 0.5) is 0 Å². The van der Waals surface area contributed by atoms with E-state index in [9.17, 15) is 0 Å². The van der Waals surface area contributed by atoms with Gasteiger partial charge in [-0.3, -0.25) is 10.4 Å². The minimum Gasteiger partial charge on any atom is -0.253 e. The van der Waals surface area contributed by atoms with Gasteiger partial charge in [0.15, 0.2) is 0 Å². The lowest BCUT2D eigenvalue weighted by molar-refractivity contribution is 0.237. The molecule has 0 aliphatic heterocycles. The van der Waals surface area contributed by atoms with Crippen LogP contribution in [0.2, 0.25) is 0 Å². The van der Waals surface area contributed by atoms with E-state index in [0.717, 1.165) is 5.92 Å². The predicted octanol–water partition coefficient (Wildman–Crippen LogP) is 1.88. The van der Waals surface area contributed by atoms with Crippen molar-refractivity contribution in [1.82, 2.24) is 10.4 Å². The second-order valence-electron chi connectivity index (χ2n) is 3.90. The molecule has 0 amide bonds. The normalized spacial score (nSPS) is 14.5. The molecule has 0 heterocycles. The summed E-state index contributed by atoms with van der Waals surface area (Å²) in [6, 6.07) is 0.604. The van der Waals surface area contributed by atoms with Crippen LogP contribution in [0.15, 0.2) is 0 Å². The second kappa shape index (κ2) is 5.56. The maximum absolute atomic E-state index is 3.33. The Morgan fingerprint density at radius 3 is 2.00 bits per heavy atom. The summed E-state index contributed by atoms with van der Waals surface area (Å²) in [7, 11) is 4.07. The first-order valence-electron chi connectivity index (χ1n) is 4.46. The smallest absolute Gasteiger partial charge is 0.0186 e. The molecular formula is C9H22N2. The predicted molar refractivity (Wildman–Crippen MR) is 50.4 cm³/mol. The number of hydrazine groups is 1. The van der Waals surface area contributed by atoms with Crippen LogP contribution in [0.25, 0.3) is 0 Å². The molecule has 0 aromatic rings. The van der Waals surface area contributed by atoms with E-state index in [4.69, 9.17) is 0 Å². The molecule has 0 aliphatic rings. The van der Waals surface area contributed by atoms with Gasteiger partial charge in [0.2, 0.25) is 0 Å². The zero-order valence-electron chi connectivity index (χ0n) is 8.52. The Hall–Kier alpha value is -0.0800. The van der Waals surface area contributed by atoms with E-state index in [2.05, 4.69) is 26.2 Å². The average molecular weight is 158 g/mol. The first-order valence-corrected chi connectivity index (χ1v) is 4.46. The number of hydrogen-bond acceptors (Lipinski definition) is 2. The van der Waals surface area contributed by atoms with Crippen LogP contribution in [0.5, 0.6) is 0 Å². The second-order valence-corrected chi connectivity index (χ2v) is 3.90. The highest BCUT2D eigenvalue weighted by Crippen LogP contribution is 2.05. The van der Waals surface area contributed by atoms with Gasteiger partial charge in [0.1, 0.15) is 0 Å². The van der Waals surface area contributed by atoms with Gasteiger partial charge in [-0.1, -0.05) is 13.8 Å². The van der Waals surface area contributed by atoms with Crippen LogP contribution in [0.1, 0.15) is 33.6 Å². The lowest BCUT2D eigenvalue weighted by Gasteiger charge is -2.19. The quantitative estimate of drug-likeness (QED) is 0.615. The Labute approximate surface area is 70.9 Å². The van der Waals surface area contributed by atoms with Crippen molar-refractivity contribution in [1.29, 1.82) is 0 Å². The largest absolute Gasteiger partial charge is 0.253 e. The van der Waals surface area contributed by atoms with Crippen molar-refractivity contribution < 1.29 is 0 Å². The van der Waals surface area contributed by atoms with Gasteiger partial charge < -0.3 is 0 Å². The molecule has 0 aliphatic carbocycles. The topological polar surface area (TPSA) is 15.3 Å². The third kappa shape index (κ3) is 7.82. The minimum atomic E-state index is 0.604. The third-order valence-corrected chi connectivity index (χ3v) is 1.66. The SMILES string of the molecule is CC(C)CCC(C)NN(C)C. The van der Waals surface area contributed by atoms with Crippen molar-refractivity contribution >= 4 is 0 Å². The Bertz CT molecular complexity index is 89.6. The van der Waals surface area contributed by atoms with E-state index in [1.807, 2.05) is 19.1 Å². The summed E-state index contributed by atoms with van der Waals surface area (Å²) in [5, 5.41) is 2.02. The van der Waals surface area contributed by atoms with E-state index in [1.54, 1.807) is 0 Å². The lowest BCUT2D eigenvalue weighted by Crippen LogP contribution is -2.37. The van der Waals surface area contributed by atoms with Gasteiger partial charge in [0.25, 0.3) is 0 Å². The molecule has 0 bridgehead atoms. The average Bonchev–Trinajstić information content (AvgIpc) is 1.82. The van der Waals surface area contributed by atoms with Gasteiger partial charge in [0, 0.05) is 20.1 Å². The van der Waals surface area contributed by atoms with E-state index in [0.29, 0.717) is 6.04 Å². The molecule has 2 nitrogen and oxygen atoms in total. The van der Waals surface area contributed by atoms with Crippen molar-refractivity contribution in [2.24, 2.45) is 5.92 Å². The van der Waals surface area contributed by atoms with Gasteiger partial charge in [-0.05, 0) is 25.7 Å². The van der Waals surface area contributed by atoms with Crippen molar-refractivity contribution in [3.05, 3.63) is 0 Å². The molecule has 1 unspecified atom stereocenters. The number of nitrogens with zero attached hydrogens (tertiary/aromatic N) is 1. The summed E-state index contributed by atoms with van der Waals surface area (Å²) in [5.41, 5.74) is 3.33. The molecule has 68 valence electrons. The highest BCUT2D eigenvalue weighted by molar-refractivity contribution is 4.58. The van der Waals surface area contributed by atoms with Crippen LogP contribution in [-0.4, -0.2) is 25.1 Å². The fourth-order valence-electron chi connectivity index (χ4n) is 1.09. The molecule has 0 saturated heterocycles. The summed E-state index contributed by atoms with van der Waals surface area (Å²) >= 11 is 0. The van der Waals surface area contributed by atoms with Crippen molar-refractivity contribution in [3.63, 3.8) is 0 Å².